The Labute approximate surface area is 193 Å². The third-order valence-electron chi connectivity index (χ3n) is 4.94. The van der Waals surface area contributed by atoms with Crippen molar-refractivity contribution in [3.05, 3.63) is 64.7 Å². The van der Waals surface area contributed by atoms with Crippen molar-refractivity contribution in [3.8, 4) is 16.3 Å². The van der Waals surface area contributed by atoms with Crippen LogP contribution in [0.4, 0.5) is 5.69 Å². The first-order chi connectivity index (χ1) is 15.4. The number of aryl methyl sites for hydroxylation is 2. The van der Waals surface area contributed by atoms with Crippen molar-refractivity contribution in [3.63, 3.8) is 0 Å². The number of amides is 2. The summed E-state index contributed by atoms with van der Waals surface area (Å²) in [5.74, 6) is 0.420. The molecule has 0 saturated carbocycles. The zero-order valence-corrected chi connectivity index (χ0v) is 19.8. The average Bonchev–Trinajstić information content (AvgIpc) is 3.17. The van der Waals surface area contributed by atoms with Crippen molar-refractivity contribution in [1.29, 1.82) is 0 Å². The molecule has 0 unspecified atom stereocenters. The lowest BCUT2D eigenvalue weighted by atomic mass is 10.2. The summed E-state index contributed by atoms with van der Waals surface area (Å²) in [5, 5.41) is 3.68. The minimum atomic E-state index is -0.213. The van der Waals surface area contributed by atoms with E-state index in [1.54, 1.807) is 4.90 Å². The van der Waals surface area contributed by atoms with Gasteiger partial charge in [0, 0.05) is 17.8 Å². The lowest BCUT2D eigenvalue weighted by Gasteiger charge is -2.21. The van der Waals surface area contributed by atoms with E-state index >= 15 is 0 Å². The van der Waals surface area contributed by atoms with Crippen LogP contribution in [0.3, 0.4) is 0 Å². The molecule has 1 N–H and O–H groups in total. The van der Waals surface area contributed by atoms with Crippen LogP contribution in [0.2, 0.25) is 0 Å². The number of hydrogen-bond donors (Lipinski definition) is 1. The molecule has 0 radical (unpaired) electrons. The first kappa shape index (κ1) is 23.5. The van der Waals surface area contributed by atoms with Gasteiger partial charge in [-0.25, -0.2) is 4.98 Å². The van der Waals surface area contributed by atoms with Crippen molar-refractivity contribution in [2.45, 2.75) is 34.1 Å². The molecule has 3 aromatic rings. The van der Waals surface area contributed by atoms with Gasteiger partial charge in [-0.3, -0.25) is 9.59 Å². The molecule has 0 aliphatic carbocycles. The first-order valence-corrected chi connectivity index (χ1v) is 11.6. The highest BCUT2D eigenvalue weighted by Gasteiger charge is 2.23. The molecule has 7 heteroatoms. The summed E-state index contributed by atoms with van der Waals surface area (Å²) in [6.07, 6.45) is 0.757. The number of aromatic nitrogens is 1. The van der Waals surface area contributed by atoms with Gasteiger partial charge in [0.2, 0.25) is 5.91 Å². The van der Waals surface area contributed by atoms with Gasteiger partial charge in [0.1, 0.15) is 22.2 Å². The third-order valence-corrected chi connectivity index (χ3v) is 6.13. The second kappa shape index (κ2) is 10.9. The fourth-order valence-electron chi connectivity index (χ4n) is 3.32. The van der Waals surface area contributed by atoms with Gasteiger partial charge in [-0.1, -0.05) is 25.1 Å². The summed E-state index contributed by atoms with van der Waals surface area (Å²) in [5.41, 5.74) is 3.34. The van der Waals surface area contributed by atoms with Crippen LogP contribution in [0.15, 0.2) is 48.5 Å². The first-order valence-electron chi connectivity index (χ1n) is 10.8. The SMILES string of the molecule is CCCN(CC(=O)Nc1ccccc1C)C(=O)c1sc(-c2ccc(OCC)cc2)nc1C. The van der Waals surface area contributed by atoms with E-state index in [1.807, 2.05) is 76.2 Å². The second-order valence-electron chi connectivity index (χ2n) is 7.48. The van der Waals surface area contributed by atoms with Gasteiger partial charge in [0.15, 0.2) is 0 Å². The second-order valence-corrected chi connectivity index (χ2v) is 8.48. The van der Waals surface area contributed by atoms with Crippen LogP contribution in [0.5, 0.6) is 5.75 Å². The van der Waals surface area contributed by atoms with Crippen LogP contribution in [-0.2, 0) is 4.79 Å². The molecule has 0 saturated heterocycles. The monoisotopic (exact) mass is 451 g/mol. The lowest BCUT2D eigenvalue weighted by Crippen LogP contribution is -2.38. The van der Waals surface area contributed by atoms with E-state index in [2.05, 4.69) is 10.3 Å². The normalized spacial score (nSPS) is 10.6. The Balaban J connectivity index is 1.75. The summed E-state index contributed by atoms with van der Waals surface area (Å²) in [6, 6.07) is 15.3. The van der Waals surface area contributed by atoms with Gasteiger partial charge in [0.05, 0.1) is 12.3 Å². The molecule has 0 fully saturated rings. The molecule has 0 atom stereocenters. The van der Waals surface area contributed by atoms with Crippen LogP contribution in [0, 0.1) is 13.8 Å². The Morgan fingerprint density at radius 1 is 1.06 bits per heavy atom. The highest BCUT2D eigenvalue weighted by molar-refractivity contribution is 7.17. The van der Waals surface area contributed by atoms with Crippen LogP contribution in [0.1, 0.15) is 41.2 Å². The number of carbonyl (C=O) groups excluding carboxylic acids is 2. The van der Waals surface area contributed by atoms with Gasteiger partial charge in [-0.2, -0.15) is 0 Å². The van der Waals surface area contributed by atoms with Gasteiger partial charge < -0.3 is 15.0 Å². The molecule has 0 aliphatic rings. The maximum Gasteiger partial charge on any atom is 0.266 e. The zero-order valence-electron chi connectivity index (χ0n) is 19.0. The summed E-state index contributed by atoms with van der Waals surface area (Å²) in [4.78, 5) is 32.7. The molecular weight excluding hydrogens is 422 g/mol. The van der Waals surface area contributed by atoms with E-state index in [9.17, 15) is 9.59 Å². The largest absolute Gasteiger partial charge is 0.494 e. The maximum atomic E-state index is 13.3. The Bertz CT molecular complexity index is 1080. The molecule has 3 rings (SSSR count). The number of ether oxygens (including phenoxy) is 1. The van der Waals surface area contributed by atoms with Crippen molar-refractivity contribution in [2.24, 2.45) is 0 Å². The molecule has 0 spiro atoms. The summed E-state index contributed by atoms with van der Waals surface area (Å²) in [7, 11) is 0. The average molecular weight is 452 g/mol. The molecule has 1 heterocycles. The third kappa shape index (κ3) is 5.73. The van der Waals surface area contributed by atoms with Crippen LogP contribution in [-0.4, -0.2) is 41.4 Å². The highest BCUT2D eigenvalue weighted by Crippen LogP contribution is 2.30. The van der Waals surface area contributed by atoms with E-state index in [1.165, 1.54) is 11.3 Å². The molecule has 1 aromatic heterocycles. The number of carbonyl (C=O) groups is 2. The van der Waals surface area contributed by atoms with Crippen LogP contribution < -0.4 is 10.1 Å². The van der Waals surface area contributed by atoms with Gasteiger partial charge >= 0.3 is 0 Å². The fraction of sp³-hybridized carbons (Fsp3) is 0.320. The molecule has 168 valence electrons. The summed E-state index contributed by atoms with van der Waals surface area (Å²) in [6.45, 7) is 8.81. The number of nitrogens with zero attached hydrogens (tertiary/aromatic N) is 2. The van der Waals surface area contributed by atoms with E-state index in [-0.39, 0.29) is 18.4 Å². The highest BCUT2D eigenvalue weighted by atomic mass is 32.1. The van der Waals surface area contributed by atoms with Crippen molar-refractivity contribution in [2.75, 3.05) is 25.0 Å². The Kier molecular flexibility index (Phi) is 8.00. The van der Waals surface area contributed by atoms with Crippen molar-refractivity contribution in [1.82, 2.24) is 9.88 Å². The minimum absolute atomic E-state index is 0.00324. The van der Waals surface area contributed by atoms with Gasteiger partial charge in [-0.05, 0) is 63.1 Å². The predicted octanol–water partition coefficient (Wildman–Crippen LogP) is 5.32. The maximum absolute atomic E-state index is 13.3. The molecule has 0 aliphatic heterocycles. The Morgan fingerprint density at radius 3 is 2.44 bits per heavy atom. The van der Waals surface area contributed by atoms with Crippen molar-refractivity contribution >= 4 is 28.8 Å². The van der Waals surface area contributed by atoms with E-state index < -0.39 is 0 Å². The standard InChI is InChI=1S/C25H29N3O3S/c1-5-15-28(16-22(29)27-21-10-8-7-9-17(21)3)25(30)23-18(4)26-24(32-23)19-11-13-20(14-12-19)31-6-2/h7-14H,5-6,15-16H2,1-4H3,(H,27,29). The predicted molar refractivity (Wildman–Crippen MR) is 129 cm³/mol. The molecular formula is C25H29N3O3S. The topological polar surface area (TPSA) is 71.5 Å². The number of hydrogen-bond acceptors (Lipinski definition) is 5. The van der Waals surface area contributed by atoms with E-state index in [0.29, 0.717) is 23.7 Å². The molecule has 6 nitrogen and oxygen atoms in total. The molecule has 32 heavy (non-hydrogen) atoms. The van der Waals surface area contributed by atoms with Crippen LogP contribution >= 0.6 is 11.3 Å². The number of thiazole rings is 1. The number of nitrogens with one attached hydrogen (secondary N) is 1. The molecule has 0 bridgehead atoms. The molecule has 2 aromatic carbocycles. The Morgan fingerprint density at radius 2 is 1.78 bits per heavy atom. The van der Waals surface area contributed by atoms with E-state index in [4.69, 9.17) is 4.74 Å². The van der Waals surface area contributed by atoms with Gasteiger partial charge in [0.25, 0.3) is 5.91 Å². The molecule has 2 amide bonds. The Hall–Kier alpha value is -3.19. The lowest BCUT2D eigenvalue weighted by molar-refractivity contribution is -0.116. The number of anilines is 1. The number of rotatable bonds is 9. The fourth-order valence-corrected chi connectivity index (χ4v) is 4.36. The van der Waals surface area contributed by atoms with Crippen LogP contribution in [0.25, 0.3) is 10.6 Å². The quantitative estimate of drug-likeness (QED) is 0.478. The van der Waals surface area contributed by atoms with E-state index in [0.717, 1.165) is 34.0 Å². The van der Waals surface area contributed by atoms with Gasteiger partial charge in [-0.15, -0.1) is 11.3 Å². The smallest absolute Gasteiger partial charge is 0.266 e. The number of benzene rings is 2. The zero-order chi connectivity index (χ0) is 23.1. The number of para-hydroxylation sites is 1. The summed E-state index contributed by atoms with van der Waals surface area (Å²) >= 11 is 1.35. The minimum Gasteiger partial charge on any atom is -0.494 e. The van der Waals surface area contributed by atoms with Crippen molar-refractivity contribution < 1.29 is 14.3 Å². The summed E-state index contributed by atoms with van der Waals surface area (Å²) < 4.78 is 5.49.